The van der Waals surface area contributed by atoms with Crippen LogP contribution >= 0.6 is 0 Å². The van der Waals surface area contributed by atoms with Gasteiger partial charge in [-0.3, -0.25) is 4.79 Å². The maximum Gasteiger partial charge on any atom is 0.255 e. The first-order valence-electron chi connectivity index (χ1n) is 6.21. The highest BCUT2D eigenvalue weighted by molar-refractivity contribution is 6.04. The first-order chi connectivity index (χ1) is 9.06. The van der Waals surface area contributed by atoms with Crippen LogP contribution in [0.4, 0.5) is 11.4 Å². The average molecular weight is 254 g/mol. The summed E-state index contributed by atoms with van der Waals surface area (Å²) in [6.45, 7) is 2.00. The second-order valence-electron chi connectivity index (χ2n) is 4.77. The minimum atomic E-state index is -0.0886. The Hall–Kier alpha value is -2.29. The molecule has 0 bridgehead atoms. The Morgan fingerprint density at radius 2 is 1.79 bits per heavy atom. The number of anilines is 2. The van der Waals surface area contributed by atoms with Gasteiger partial charge in [-0.25, -0.2) is 0 Å². The van der Waals surface area contributed by atoms with Crippen LogP contribution in [0.15, 0.2) is 48.5 Å². The molecular formula is C16H18N2O. The topological polar surface area (TPSA) is 32.3 Å². The molecule has 0 spiro atoms. The molecule has 3 heteroatoms. The number of benzene rings is 2. The fourth-order valence-electron chi connectivity index (χ4n) is 1.85. The van der Waals surface area contributed by atoms with E-state index in [-0.39, 0.29) is 5.91 Å². The minimum Gasteiger partial charge on any atom is -0.378 e. The van der Waals surface area contributed by atoms with Crippen molar-refractivity contribution in [3.05, 3.63) is 59.7 Å². The van der Waals surface area contributed by atoms with Crippen LogP contribution in [0.5, 0.6) is 0 Å². The van der Waals surface area contributed by atoms with Crippen molar-refractivity contribution in [1.82, 2.24) is 0 Å². The number of nitrogens with one attached hydrogen (secondary N) is 1. The van der Waals surface area contributed by atoms with Gasteiger partial charge in [0.15, 0.2) is 0 Å². The second kappa shape index (κ2) is 5.57. The van der Waals surface area contributed by atoms with Gasteiger partial charge < -0.3 is 10.2 Å². The molecule has 0 unspecified atom stereocenters. The van der Waals surface area contributed by atoms with Crippen LogP contribution in [0.25, 0.3) is 0 Å². The lowest BCUT2D eigenvalue weighted by Crippen LogP contribution is -2.14. The van der Waals surface area contributed by atoms with Gasteiger partial charge in [0.25, 0.3) is 5.91 Å². The fraction of sp³-hybridized carbons (Fsp3) is 0.188. The van der Waals surface area contributed by atoms with Crippen LogP contribution in [0.3, 0.4) is 0 Å². The molecule has 0 aliphatic heterocycles. The van der Waals surface area contributed by atoms with Gasteiger partial charge in [-0.1, -0.05) is 18.2 Å². The molecule has 3 nitrogen and oxygen atoms in total. The molecule has 0 aliphatic carbocycles. The summed E-state index contributed by atoms with van der Waals surface area (Å²) in [6.07, 6.45) is 0. The van der Waals surface area contributed by atoms with Gasteiger partial charge in [0.1, 0.15) is 0 Å². The molecule has 98 valence electrons. The van der Waals surface area contributed by atoms with E-state index in [0.717, 1.165) is 16.9 Å². The van der Waals surface area contributed by atoms with E-state index in [1.165, 1.54) is 0 Å². The molecule has 0 radical (unpaired) electrons. The van der Waals surface area contributed by atoms with Crippen LogP contribution < -0.4 is 10.2 Å². The zero-order valence-corrected chi connectivity index (χ0v) is 11.5. The van der Waals surface area contributed by atoms with Crippen LogP contribution in [0.1, 0.15) is 15.9 Å². The summed E-state index contributed by atoms with van der Waals surface area (Å²) in [5, 5.41) is 2.91. The smallest absolute Gasteiger partial charge is 0.255 e. The molecule has 0 aliphatic rings. The molecule has 0 fully saturated rings. The highest BCUT2D eigenvalue weighted by Gasteiger charge is 2.07. The first-order valence-corrected chi connectivity index (χ1v) is 6.21. The number of hydrogen-bond donors (Lipinski definition) is 1. The lowest BCUT2D eigenvalue weighted by atomic mass is 10.1. The maximum absolute atomic E-state index is 12.2. The molecule has 1 amide bonds. The summed E-state index contributed by atoms with van der Waals surface area (Å²) in [5.41, 5.74) is 3.62. The van der Waals surface area contributed by atoms with Gasteiger partial charge >= 0.3 is 0 Å². The van der Waals surface area contributed by atoms with E-state index >= 15 is 0 Å². The molecule has 0 heterocycles. The van der Waals surface area contributed by atoms with Crippen molar-refractivity contribution in [2.24, 2.45) is 0 Å². The van der Waals surface area contributed by atoms with Gasteiger partial charge in [0, 0.05) is 31.0 Å². The summed E-state index contributed by atoms with van der Waals surface area (Å²) in [5.74, 6) is -0.0886. The molecule has 1 N–H and O–H groups in total. The molecule has 0 saturated heterocycles. The van der Waals surface area contributed by atoms with Gasteiger partial charge in [-0.05, 0) is 42.8 Å². The van der Waals surface area contributed by atoms with Crippen LogP contribution in [0, 0.1) is 6.92 Å². The van der Waals surface area contributed by atoms with Gasteiger partial charge in [-0.15, -0.1) is 0 Å². The van der Waals surface area contributed by atoms with Crippen molar-refractivity contribution >= 4 is 17.3 Å². The molecule has 2 aromatic rings. The predicted octanol–water partition coefficient (Wildman–Crippen LogP) is 3.31. The van der Waals surface area contributed by atoms with Gasteiger partial charge in [0.05, 0.1) is 0 Å². The van der Waals surface area contributed by atoms with E-state index in [1.807, 2.05) is 74.4 Å². The SMILES string of the molecule is Cc1cccc(NC(=O)c2cccc(N(C)C)c2)c1. The number of aryl methyl sites for hydroxylation is 1. The maximum atomic E-state index is 12.2. The summed E-state index contributed by atoms with van der Waals surface area (Å²) in [7, 11) is 3.91. The Bertz CT molecular complexity index is 591. The Labute approximate surface area is 113 Å². The minimum absolute atomic E-state index is 0.0886. The normalized spacial score (nSPS) is 10.1. The molecule has 0 saturated carbocycles. The van der Waals surface area contributed by atoms with E-state index in [1.54, 1.807) is 0 Å². The quantitative estimate of drug-likeness (QED) is 0.911. The summed E-state index contributed by atoms with van der Waals surface area (Å²) >= 11 is 0. The number of rotatable bonds is 3. The van der Waals surface area contributed by atoms with E-state index in [0.29, 0.717) is 5.56 Å². The standard InChI is InChI=1S/C16H18N2O/c1-12-6-4-8-14(10-12)17-16(19)13-7-5-9-15(11-13)18(2)3/h4-11H,1-3H3,(H,17,19). The lowest BCUT2D eigenvalue weighted by Gasteiger charge is -2.13. The lowest BCUT2D eigenvalue weighted by molar-refractivity contribution is 0.102. The number of carbonyl (C=O) groups is 1. The van der Waals surface area contributed by atoms with Crippen LogP contribution in [-0.4, -0.2) is 20.0 Å². The number of nitrogens with zero attached hydrogens (tertiary/aromatic N) is 1. The third-order valence-corrected chi connectivity index (χ3v) is 2.90. The summed E-state index contributed by atoms with van der Waals surface area (Å²) < 4.78 is 0. The van der Waals surface area contributed by atoms with Gasteiger partial charge in [-0.2, -0.15) is 0 Å². The number of amides is 1. The zero-order valence-electron chi connectivity index (χ0n) is 11.5. The van der Waals surface area contributed by atoms with Crippen molar-refractivity contribution in [1.29, 1.82) is 0 Å². The van der Waals surface area contributed by atoms with Crippen molar-refractivity contribution < 1.29 is 4.79 Å². The van der Waals surface area contributed by atoms with E-state index in [2.05, 4.69) is 5.32 Å². The van der Waals surface area contributed by atoms with Crippen molar-refractivity contribution in [2.45, 2.75) is 6.92 Å². The predicted molar refractivity (Wildman–Crippen MR) is 79.9 cm³/mol. The Morgan fingerprint density at radius 3 is 2.47 bits per heavy atom. The third-order valence-electron chi connectivity index (χ3n) is 2.90. The third kappa shape index (κ3) is 3.35. The van der Waals surface area contributed by atoms with Crippen LogP contribution in [0.2, 0.25) is 0 Å². The Kier molecular flexibility index (Phi) is 3.85. The number of carbonyl (C=O) groups excluding carboxylic acids is 1. The summed E-state index contributed by atoms with van der Waals surface area (Å²) in [6, 6.07) is 15.3. The van der Waals surface area contributed by atoms with E-state index in [9.17, 15) is 4.79 Å². The Balaban J connectivity index is 2.18. The highest BCUT2D eigenvalue weighted by Crippen LogP contribution is 2.16. The highest BCUT2D eigenvalue weighted by atomic mass is 16.1. The van der Waals surface area contributed by atoms with E-state index < -0.39 is 0 Å². The molecule has 0 atom stereocenters. The zero-order chi connectivity index (χ0) is 13.8. The monoisotopic (exact) mass is 254 g/mol. The van der Waals surface area contributed by atoms with Gasteiger partial charge in [0.2, 0.25) is 0 Å². The second-order valence-corrected chi connectivity index (χ2v) is 4.77. The van der Waals surface area contributed by atoms with Crippen molar-refractivity contribution in [2.75, 3.05) is 24.3 Å². The molecular weight excluding hydrogens is 236 g/mol. The summed E-state index contributed by atoms with van der Waals surface area (Å²) in [4.78, 5) is 14.1. The molecule has 0 aromatic heterocycles. The van der Waals surface area contributed by atoms with E-state index in [4.69, 9.17) is 0 Å². The first kappa shape index (κ1) is 13.1. The van der Waals surface area contributed by atoms with Crippen molar-refractivity contribution in [3.8, 4) is 0 Å². The largest absolute Gasteiger partial charge is 0.378 e. The van der Waals surface area contributed by atoms with Crippen molar-refractivity contribution in [3.63, 3.8) is 0 Å². The fourth-order valence-corrected chi connectivity index (χ4v) is 1.85. The Morgan fingerprint density at radius 1 is 1.05 bits per heavy atom. The molecule has 2 rings (SSSR count). The average Bonchev–Trinajstić information content (AvgIpc) is 2.39. The molecule has 2 aromatic carbocycles. The van der Waals surface area contributed by atoms with Crippen LogP contribution in [-0.2, 0) is 0 Å². The molecule has 19 heavy (non-hydrogen) atoms. The number of hydrogen-bond acceptors (Lipinski definition) is 2.